The lowest BCUT2D eigenvalue weighted by Gasteiger charge is -2.26. The van der Waals surface area contributed by atoms with E-state index in [1.165, 1.54) is 12.1 Å². The van der Waals surface area contributed by atoms with Gasteiger partial charge in [-0.25, -0.2) is 4.79 Å². The monoisotopic (exact) mass is 421 g/mol. The molecule has 0 saturated heterocycles. The number of alkyl halides is 3. The van der Waals surface area contributed by atoms with Gasteiger partial charge in [-0.3, -0.25) is 4.79 Å². The lowest BCUT2D eigenvalue weighted by molar-refractivity contribution is -0.137. The van der Waals surface area contributed by atoms with Crippen LogP contribution in [-0.2, 0) is 17.4 Å². The molecule has 0 fully saturated rings. The maximum Gasteiger partial charge on any atom is 0.416 e. The number of benzene rings is 2. The number of amides is 3. The van der Waals surface area contributed by atoms with Gasteiger partial charge in [0, 0.05) is 19.6 Å². The van der Waals surface area contributed by atoms with Crippen LogP contribution in [0.25, 0.3) is 0 Å². The summed E-state index contributed by atoms with van der Waals surface area (Å²) in [6.07, 6.45) is -4.01. The van der Waals surface area contributed by atoms with Crippen LogP contribution in [0, 0.1) is 0 Å². The standard InChI is InChI=1S/C22H26F3N3O2/c1-3-28(4-2)20(29)19(17-8-6-5-7-9-17)27-21(30)26-15-14-16-10-12-18(13-11-16)22(23,24)25/h5-13,19H,3-4,14-15H2,1-2H3,(H2,26,27,30). The first kappa shape index (κ1) is 23.3. The normalized spacial score (nSPS) is 12.2. The topological polar surface area (TPSA) is 61.4 Å². The van der Waals surface area contributed by atoms with Crippen molar-refractivity contribution in [2.75, 3.05) is 19.6 Å². The predicted octanol–water partition coefficient (Wildman–Crippen LogP) is 4.16. The zero-order valence-corrected chi connectivity index (χ0v) is 17.0. The minimum atomic E-state index is -4.37. The smallest absolute Gasteiger partial charge is 0.341 e. The Kier molecular flexibility index (Phi) is 8.26. The van der Waals surface area contributed by atoms with E-state index in [2.05, 4.69) is 10.6 Å². The van der Waals surface area contributed by atoms with Gasteiger partial charge in [-0.05, 0) is 43.5 Å². The quantitative estimate of drug-likeness (QED) is 0.673. The zero-order valence-electron chi connectivity index (χ0n) is 17.0. The lowest BCUT2D eigenvalue weighted by atomic mass is 10.1. The Morgan fingerprint density at radius 2 is 1.57 bits per heavy atom. The van der Waals surface area contributed by atoms with E-state index in [9.17, 15) is 22.8 Å². The fourth-order valence-electron chi connectivity index (χ4n) is 3.01. The van der Waals surface area contributed by atoms with E-state index in [0.717, 1.165) is 12.1 Å². The summed E-state index contributed by atoms with van der Waals surface area (Å²) in [7, 11) is 0. The number of nitrogens with zero attached hydrogens (tertiary/aromatic N) is 1. The van der Waals surface area contributed by atoms with E-state index < -0.39 is 23.8 Å². The van der Waals surface area contributed by atoms with E-state index in [-0.39, 0.29) is 12.5 Å². The molecule has 5 nitrogen and oxygen atoms in total. The summed E-state index contributed by atoms with van der Waals surface area (Å²) in [5.74, 6) is -0.205. The van der Waals surface area contributed by atoms with E-state index in [0.29, 0.717) is 30.6 Å². The molecule has 2 aromatic rings. The van der Waals surface area contributed by atoms with E-state index in [4.69, 9.17) is 0 Å². The molecule has 0 spiro atoms. The highest BCUT2D eigenvalue weighted by Crippen LogP contribution is 2.29. The second-order valence-electron chi connectivity index (χ2n) is 6.70. The highest BCUT2D eigenvalue weighted by atomic mass is 19.4. The molecule has 0 radical (unpaired) electrons. The predicted molar refractivity (Wildman–Crippen MR) is 109 cm³/mol. The number of hydrogen-bond donors (Lipinski definition) is 2. The van der Waals surface area contributed by atoms with Crippen LogP contribution >= 0.6 is 0 Å². The number of urea groups is 1. The maximum absolute atomic E-state index is 12.8. The zero-order chi connectivity index (χ0) is 22.1. The van der Waals surface area contributed by atoms with E-state index >= 15 is 0 Å². The number of hydrogen-bond acceptors (Lipinski definition) is 2. The van der Waals surface area contributed by atoms with Crippen molar-refractivity contribution < 1.29 is 22.8 Å². The van der Waals surface area contributed by atoms with Gasteiger partial charge in [0.05, 0.1) is 5.56 Å². The third kappa shape index (κ3) is 6.50. The third-order valence-corrected chi connectivity index (χ3v) is 4.71. The fourth-order valence-corrected chi connectivity index (χ4v) is 3.01. The van der Waals surface area contributed by atoms with Gasteiger partial charge in [0.25, 0.3) is 0 Å². The Balaban J connectivity index is 1.96. The van der Waals surface area contributed by atoms with Crippen LogP contribution in [-0.4, -0.2) is 36.5 Å². The van der Waals surface area contributed by atoms with Crippen molar-refractivity contribution in [2.24, 2.45) is 0 Å². The average Bonchev–Trinajstić information content (AvgIpc) is 2.73. The molecule has 1 atom stereocenters. The molecule has 0 aliphatic carbocycles. The Labute approximate surface area is 174 Å². The number of likely N-dealkylation sites (N-methyl/N-ethyl adjacent to an activating group) is 1. The van der Waals surface area contributed by atoms with Crippen LogP contribution in [0.15, 0.2) is 54.6 Å². The minimum Gasteiger partial charge on any atom is -0.341 e. The number of rotatable bonds is 8. The van der Waals surface area contributed by atoms with Crippen LogP contribution in [0.1, 0.15) is 36.6 Å². The summed E-state index contributed by atoms with van der Waals surface area (Å²) >= 11 is 0. The maximum atomic E-state index is 12.8. The molecule has 0 bridgehead atoms. The Morgan fingerprint density at radius 1 is 0.967 bits per heavy atom. The van der Waals surface area contributed by atoms with Crippen LogP contribution in [0.3, 0.4) is 0 Å². The summed E-state index contributed by atoms with van der Waals surface area (Å²) in [5.41, 5.74) is 0.631. The Hall–Kier alpha value is -3.03. The Morgan fingerprint density at radius 3 is 2.10 bits per heavy atom. The summed E-state index contributed by atoms with van der Waals surface area (Å²) in [5, 5.41) is 5.37. The first-order valence-corrected chi connectivity index (χ1v) is 9.80. The number of halogens is 3. The first-order chi connectivity index (χ1) is 14.3. The average molecular weight is 421 g/mol. The van der Waals surface area contributed by atoms with Crippen molar-refractivity contribution in [3.05, 3.63) is 71.3 Å². The van der Waals surface area contributed by atoms with E-state index in [1.807, 2.05) is 19.9 Å². The molecule has 0 heterocycles. The molecule has 162 valence electrons. The molecule has 0 saturated carbocycles. The van der Waals surface area contributed by atoms with Crippen molar-refractivity contribution in [1.82, 2.24) is 15.5 Å². The molecule has 0 aliphatic rings. The largest absolute Gasteiger partial charge is 0.416 e. The summed E-state index contributed by atoms with van der Waals surface area (Å²) in [6.45, 7) is 5.01. The molecule has 0 aromatic heterocycles. The van der Waals surface area contributed by atoms with E-state index in [1.54, 1.807) is 29.2 Å². The molecule has 2 aromatic carbocycles. The molecule has 1 unspecified atom stereocenters. The van der Waals surface area contributed by atoms with Gasteiger partial charge in [-0.2, -0.15) is 13.2 Å². The van der Waals surface area contributed by atoms with Crippen LogP contribution in [0.5, 0.6) is 0 Å². The molecular weight excluding hydrogens is 395 g/mol. The second-order valence-corrected chi connectivity index (χ2v) is 6.70. The lowest BCUT2D eigenvalue weighted by Crippen LogP contribution is -2.46. The third-order valence-electron chi connectivity index (χ3n) is 4.71. The van der Waals surface area contributed by atoms with Gasteiger partial charge in [0.1, 0.15) is 6.04 Å². The van der Waals surface area contributed by atoms with Crippen molar-refractivity contribution in [3.8, 4) is 0 Å². The van der Waals surface area contributed by atoms with Gasteiger partial charge < -0.3 is 15.5 Å². The van der Waals surface area contributed by atoms with Gasteiger partial charge in [-0.15, -0.1) is 0 Å². The van der Waals surface area contributed by atoms with Crippen LogP contribution in [0.2, 0.25) is 0 Å². The van der Waals surface area contributed by atoms with Gasteiger partial charge >= 0.3 is 12.2 Å². The molecule has 3 amide bonds. The SMILES string of the molecule is CCN(CC)C(=O)C(NC(=O)NCCc1ccc(C(F)(F)F)cc1)c1ccccc1. The van der Waals surface area contributed by atoms with Crippen molar-refractivity contribution >= 4 is 11.9 Å². The van der Waals surface area contributed by atoms with Crippen molar-refractivity contribution in [2.45, 2.75) is 32.5 Å². The first-order valence-electron chi connectivity index (χ1n) is 9.80. The fraction of sp³-hybridized carbons (Fsp3) is 0.364. The van der Waals surface area contributed by atoms with Gasteiger partial charge in [0.2, 0.25) is 5.91 Å². The highest BCUT2D eigenvalue weighted by molar-refractivity contribution is 5.88. The molecule has 30 heavy (non-hydrogen) atoms. The number of carbonyl (C=O) groups is 2. The second kappa shape index (κ2) is 10.7. The van der Waals surface area contributed by atoms with Crippen molar-refractivity contribution in [1.29, 1.82) is 0 Å². The molecule has 8 heteroatoms. The molecular formula is C22H26F3N3O2. The highest BCUT2D eigenvalue weighted by Gasteiger charge is 2.30. The molecule has 2 rings (SSSR count). The number of carbonyl (C=O) groups excluding carboxylic acids is 2. The summed E-state index contributed by atoms with van der Waals surface area (Å²) < 4.78 is 37.8. The summed E-state index contributed by atoms with van der Waals surface area (Å²) in [6, 6.07) is 12.4. The molecule has 2 N–H and O–H groups in total. The minimum absolute atomic E-state index is 0.205. The van der Waals surface area contributed by atoms with Crippen LogP contribution in [0.4, 0.5) is 18.0 Å². The Bertz CT molecular complexity index is 820. The van der Waals surface area contributed by atoms with Gasteiger partial charge in [0.15, 0.2) is 0 Å². The summed E-state index contributed by atoms with van der Waals surface area (Å²) in [4.78, 5) is 26.8. The van der Waals surface area contributed by atoms with Crippen molar-refractivity contribution in [3.63, 3.8) is 0 Å². The van der Waals surface area contributed by atoms with Crippen LogP contribution < -0.4 is 10.6 Å². The number of nitrogens with one attached hydrogen (secondary N) is 2. The molecule has 0 aliphatic heterocycles. The van der Waals surface area contributed by atoms with Gasteiger partial charge in [-0.1, -0.05) is 42.5 Å².